The first-order valence-electron chi connectivity index (χ1n) is 9.49. The Balaban J connectivity index is 1.96. The highest BCUT2D eigenvalue weighted by Crippen LogP contribution is 2.57. The van der Waals surface area contributed by atoms with Crippen LogP contribution in [0.25, 0.3) is 0 Å². The van der Waals surface area contributed by atoms with E-state index in [0.29, 0.717) is 24.4 Å². The standard InChI is InChI=1S/C19H34Cl2O2Si/c1-7-15(23-24(5,6)18(2,3)4)11-10-13-8-9-14-12-16(22)19(20,21)17(13)14/h13-15,17H,7-12H2,1-6H3. The minimum atomic E-state index is -1.74. The number of Topliss-reactive ketones (excluding diaryl/α,β-unsaturated/α-hetero) is 1. The van der Waals surface area contributed by atoms with Crippen molar-refractivity contribution in [1.29, 1.82) is 0 Å². The molecule has 0 aromatic heterocycles. The SMILES string of the molecule is CCC(CCC1CCC2CC(=O)C(Cl)(Cl)C12)O[Si](C)(C)C(C)(C)C. The Morgan fingerprint density at radius 3 is 2.46 bits per heavy atom. The Labute approximate surface area is 159 Å². The van der Waals surface area contributed by atoms with Gasteiger partial charge in [-0.2, -0.15) is 0 Å². The molecule has 4 atom stereocenters. The molecule has 2 fully saturated rings. The fourth-order valence-corrected chi connectivity index (χ4v) is 6.56. The summed E-state index contributed by atoms with van der Waals surface area (Å²) in [6, 6.07) is 0. The highest BCUT2D eigenvalue weighted by Gasteiger charge is 2.57. The molecule has 0 bridgehead atoms. The van der Waals surface area contributed by atoms with Crippen LogP contribution in [0.4, 0.5) is 0 Å². The molecule has 2 aliphatic carbocycles. The lowest BCUT2D eigenvalue weighted by molar-refractivity contribution is -0.118. The van der Waals surface area contributed by atoms with Crippen molar-refractivity contribution in [3.05, 3.63) is 0 Å². The Hall–Kier alpha value is 0.427. The number of hydrogen-bond acceptors (Lipinski definition) is 2. The third kappa shape index (κ3) is 4.05. The first-order valence-corrected chi connectivity index (χ1v) is 13.2. The molecular formula is C19H34Cl2O2Si. The minimum absolute atomic E-state index is 0.0371. The molecule has 0 aromatic rings. The molecule has 0 amide bonds. The van der Waals surface area contributed by atoms with Gasteiger partial charge in [0.1, 0.15) is 0 Å². The number of hydrogen-bond donors (Lipinski definition) is 0. The average molecular weight is 393 g/mol. The molecule has 2 aliphatic rings. The van der Waals surface area contributed by atoms with Gasteiger partial charge in [-0.15, -0.1) is 0 Å². The molecule has 140 valence electrons. The second-order valence-corrected chi connectivity index (χ2v) is 15.5. The van der Waals surface area contributed by atoms with Gasteiger partial charge in [-0.1, -0.05) is 50.9 Å². The van der Waals surface area contributed by atoms with Crippen molar-refractivity contribution >= 4 is 37.3 Å². The molecule has 2 saturated carbocycles. The van der Waals surface area contributed by atoms with Gasteiger partial charge in [-0.05, 0) is 62.1 Å². The van der Waals surface area contributed by atoms with Gasteiger partial charge in [0.15, 0.2) is 18.4 Å². The summed E-state index contributed by atoms with van der Waals surface area (Å²) in [7, 11) is -1.74. The number of rotatable bonds is 6. The maximum atomic E-state index is 12.1. The quantitative estimate of drug-likeness (QED) is 0.388. The van der Waals surface area contributed by atoms with Crippen LogP contribution in [0.1, 0.15) is 66.2 Å². The van der Waals surface area contributed by atoms with Gasteiger partial charge in [0, 0.05) is 18.4 Å². The number of fused-ring (bicyclic) bond motifs is 1. The molecule has 0 radical (unpaired) electrons. The normalized spacial score (nSPS) is 31.3. The molecule has 2 nitrogen and oxygen atoms in total. The molecule has 0 aromatic carbocycles. The lowest BCUT2D eigenvalue weighted by Gasteiger charge is -2.39. The van der Waals surface area contributed by atoms with Crippen molar-refractivity contribution in [3.8, 4) is 0 Å². The zero-order chi connectivity index (χ0) is 18.3. The van der Waals surface area contributed by atoms with Gasteiger partial charge in [-0.25, -0.2) is 0 Å². The van der Waals surface area contributed by atoms with Crippen molar-refractivity contribution in [2.75, 3.05) is 0 Å². The zero-order valence-corrected chi connectivity index (χ0v) is 18.6. The maximum absolute atomic E-state index is 12.1. The summed E-state index contributed by atoms with van der Waals surface area (Å²) in [5, 5.41) is 0.234. The summed E-state index contributed by atoms with van der Waals surface area (Å²) in [4.78, 5) is 12.1. The van der Waals surface area contributed by atoms with Crippen molar-refractivity contribution < 1.29 is 9.22 Å². The van der Waals surface area contributed by atoms with Crippen LogP contribution in [-0.4, -0.2) is 24.5 Å². The van der Waals surface area contributed by atoms with E-state index in [-0.39, 0.29) is 16.7 Å². The summed E-state index contributed by atoms with van der Waals surface area (Å²) in [5.74, 6) is 1.06. The number of carbonyl (C=O) groups is 1. The van der Waals surface area contributed by atoms with E-state index in [1.807, 2.05) is 0 Å². The summed E-state index contributed by atoms with van der Waals surface area (Å²) < 4.78 is 5.46. The second kappa shape index (κ2) is 7.21. The van der Waals surface area contributed by atoms with Crippen LogP contribution in [-0.2, 0) is 9.22 Å². The van der Waals surface area contributed by atoms with Gasteiger partial charge in [0.25, 0.3) is 0 Å². The number of ketones is 1. The highest BCUT2D eigenvalue weighted by atomic mass is 35.5. The minimum Gasteiger partial charge on any atom is -0.414 e. The predicted molar refractivity (Wildman–Crippen MR) is 105 cm³/mol. The molecule has 0 saturated heterocycles. The molecule has 0 aliphatic heterocycles. The van der Waals surface area contributed by atoms with Gasteiger partial charge >= 0.3 is 0 Å². The fraction of sp³-hybridized carbons (Fsp3) is 0.947. The van der Waals surface area contributed by atoms with E-state index in [1.165, 1.54) is 0 Å². The van der Waals surface area contributed by atoms with E-state index in [0.717, 1.165) is 32.1 Å². The molecule has 0 heterocycles. The van der Waals surface area contributed by atoms with Gasteiger partial charge in [-0.3, -0.25) is 4.79 Å². The molecule has 0 N–H and O–H groups in total. The van der Waals surface area contributed by atoms with Crippen LogP contribution in [0, 0.1) is 17.8 Å². The lowest BCUT2D eigenvalue weighted by Crippen LogP contribution is -2.44. The van der Waals surface area contributed by atoms with Gasteiger partial charge < -0.3 is 4.43 Å². The Morgan fingerprint density at radius 1 is 1.29 bits per heavy atom. The van der Waals surface area contributed by atoms with Crippen LogP contribution in [0.2, 0.25) is 18.1 Å². The summed E-state index contributed by atoms with van der Waals surface area (Å²) in [6.45, 7) is 13.7. The number of alkyl halides is 2. The molecular weight excluding hydrogens is 359 g/mol. The van der Waals surface area contributed by atoms with Gasteiger partial charge in [0.2, 0.25) is 0 Å². The molecule has 24 heavy (non-hydrogen) atoms. The number of carbonyl (C=O) groups excluding carboxylic acids is 1. The average Bonchev–Trinajstić information content (AvgIpc) is 2.94. The monoisotopic (exact) mass is 392 g/mol. The van der Waals surface area contributed by atoms with Crippen LogP contribution in [0.5, 0.6) is 0 Å². The molecule has 2 rings (SSSR count). The van der Waals surface area contributed by atoms with Crippen molar-refractivity contribution in [3.63, 3.8) is 0 Å². The first kappa shape index (κ1) is 20.7. The van der Waals surface area contributed by atoms with E-state index in [2.05, 4.69) is 40.8 Å². The molecule has 0 spiro atoms. The van der Waals surface area contributed by atoms with Crippen LogP contribution in [0.15, 0.2) is 0 Å². The first-order chi connectivity index (χ1) is 10.9. The lowest BCUT2D eigenvalue weighted by atomic mass is 9.87. The Kier molecular flexibility index (Phi) is 6.23. The van der Waals surface area contributed by atoms with Crippen LogP contribution < -0.4 is 0 Å². The van der Waals surface area contributed by atoms with E-state index < -0.39 is 12.7 Å². The zero-order valence-electron chi connectivity index (χ0n) is 16.1. The third-order valence-electron chi connectivity index (χ3n) is 6.74. The van der Waals surface area contributed by atoms with E-state index in [1.54, 1.807) is 0 Å². The van der Waals surface area contributed by atoms with Crippen molar-refractivity contribution in [2.45, 2.75) is 94.8 Å². The highest BCUT2D eigenvalue weighted by molar-refractivity contribution is 6.74. The van der Waals surface area contributed by atoms with E-state index in [9.17, 15) is 4.79 Å². The van der Waals surface area contributed by atoms with Crippen LogP contribution >= 0.6 is 23.2 Å². The largest absolute Gasteiger partial charge is 0.414 e. The third-order valence-corrected chi connectivity index (χ3v) is 12.2. The van der Waals surface area contributed by atoms with E-state index in [4.69, 9.17) is 27.6 Å². The topological polar surface area (TPSA) is 26.3 Å². The Morgan fingerprint density at radius 2 is 1.92 bits per heavy atom. The van der Waals surface area contributed by atoms with Crippen molar-refractivity contribution in [1.82, 2.24) is 0 Å². The van der Waals surface area contributed by atoms with Crippen molar-refractivity contribution in [2.24, 2.45) is 17.8 Å². The summed E-state index contributed by atoms with van der Waals surface area (Å²) in [5.41, 5.74) is 0. The smallest absolute Gasteiger partial charge is 0.192 e. The summed E-state index contributed by atoms with van der Waals surface area (Å²) >= 11 is 12.8. The maximum Gasteiger partial charge on any atom is 0.192 e. The van der Waals surface area contributed by atoms with Crippen LogP contribution in [0.3, 0.4) is 0 Å². The Bertz CT molecular complexity index is 470. The molecule has 4 unspecified atom stereocenters. The van der Waals surface area contributed by atoms with Gasteiger partial charge in [0.05, 0.1) is 0 Å². The second-order valence-electron chi connectivity index (χ2n) is 9.36. The van der Waals surface area contributed by atoms with E-state index >= 15 is 0 Å². The molecule has 5 heteroatoms. The number of halogens is 2. The fourth-order valence-electron chi connectivity index (χ4n) is 4.22. The predicted octanol–water partition coefficient (Wildman–Crippen LogP) is 6.36. The summed E-state index contributed by atoms with van der Waals surface area (Å²) in [6.07, 6.45) is 6.30.